The van der Waals surface area contributed by atoms with Crippen molar-refractivity contribution in [2.24, 2.45) is 0 Å². The van der Waals surface area contributed by atoms with Crippen molar-refractivity contribution in [1.29, 1.82) is 0 Å². The Hall–Kier alpha value is -0.790. The van der Waals surface area contributed by atoms with Gasteiger partial charge in [-0.2, -0.15) is 0 Å². The van der Waals surface area contributed by atoms with Crippen LogP contribution in [0.2, 0.25) is 0 Å². The fourth-order valence-electron chi connectivity index (χ4n) is 2.83. The van der Waals surface area contributed by atoms with Gasteiger partial charge in [-0.1, -0.05) is 34.6 Å². The number of rotatable bonds is 2. The molecule has 0 amide bonds. The summed E-state index contributed by atoms with van der Waals surface area (Å²) >= 11 is 0. The van der Waals surface area contributed by atoms with E-state index < -0.39 is 0 Å². The second-order valence-corrected chi connectivity index (χ2v) is 6.43. The fraction of sp³-hybridized carbons (Fsp3) is 0.800. The Morgan fingerprint density at radius 1 is 1.29 bits per heavy atom. The lowest BCUT2D eigenvalue weighted by atomic mass is 9.86. The second kappa shape index (κ2) is 4.47. The van der Waals surface area contributed by atoms with Crippen molar-refractivity contribution < 1.29 is 0 Å². The predicted molar refractivity (Wildman–Crippen MR) is 72.6 cm³/mol. The van der Waals surface area contributed by atoms with Crippen LogP contribution in [0.5, 0.6) is 0 Å². The smallest absolute Gasteiger partial charge is 0.109 e. The van der Waals surface area contributed by atoms with Crippen LogP contribution in [0, 0.1) is 0 Å². The van der Waals surface area contributed by atoms with Crippen LogP contribution in [0.3, 0.4) is 0 Å². The molecule has 2 nitrogen and oxygen atoms in total. The molecule has 0 bridgehead atoms. The normalized spacial score (nSPS) is 17.9. The Morgan fingerprint density at radius 2 is 2.00 bits per heavy atom. The summed E-state index contributed by atoms with van der Waals surface area (Å²) in [6, 6.07) is 0. The molecule has 1 unspecified atom stereocenters. The molecule has 0 saturated carbocycles. The molecule has 0 radical (unpaired) electrons. The Kier molecular flexibility index (Phi) is 3.33. The highest BCUT2D eigenvalue weighted by Gasteiger charge is 2.29. The zero-order chi connectivity index (χ0) is 12.6. The number of hydrogen-bond donors (Lipinski definition) is 0. The van der Waals surface area contributed by atoms with Gasteiger partial charge in [-0.3, -0.25) is 0 Å². The molecule has 0 N–H and O–H groups in total. The second-order valence-electron chi connectivity index (χ2n) is 6.43. The van der Waals surface area contributed by atoms with Gasteiger partial charge in [0.05, 0.1) is 5.69 Å². The van der Waals surface area contributed by atoms with Crippen molar-refractivity contribution in [3.8, 4) is 0 Å². The molecule has 0 spiro atoms. The van der Waals surface area contributed by atoms with Crippen LogP contribution in [0.4, 0.5) is 0 Å². The van der Waals surface area contributed by atoms with E-state index in [0.29, 0.717) is 5.92 Å². The predicted octanol–water partition coefficient (Wildman–Crippen LogP) is 4.03. The third-order valence-corrected chi connectivity index (χ3v) is 3.90. The summed E-state index contributed by atoms with van der Waals surface area (Å²) in [5, 5.41) is 0. The first kappa shape index (κ1) is 12.7. The van der Waals surface area contributed by atoms with E-state index in [2.05, 4.69) is 39.2 Å². The lowest BCUT2D eigenvalue weighted by molar-refractivity contribution is 0.456. The van der Waals surface area contributed by atoms with Crippen molar-refractivity contribution in [1.82, 2.24) is 9.55 Å². The van der Waals surface area contributed by atoms with Gasteiger partial charge in [-0.25, -0.2) is 4.98 Å². The van der Waals surface area contributed by atoms with Crippen LogP contribution in [0.25, 0.3) is 0 Å². The van der Waals surface area contributed by atoms with Gasteiger partial charge in [-0.05, 0) is 25.2 Å². The first-order valence-electron chi connectivity index (χ1n) is 7.05. The molecule has 1 aromatic rings. The Bertz CT molecular complexity index is 396. The van der Waals surface area contributed by atoms with Crippen molar-refractivity contribution >= 4 is 0 Å². The van der Waals surface area contributed by atoms with Gasteiger partial charge in [0, 0.05) is 24.1 Å². The number of aromatic nitrogens is 2. The van der Waals surface area contributed by atoms with Crippen LogP contribution in [-0.2, 0) is 18.4 Å². The van der Waals surface area contributed by atoms with Gasteiger partial charge in [0.15, 0.2) is 0 Å². The minimum atomic E-state index is 0.210. The van der Waals surface area contributed by atoms with E-state index in [4.69, 9.17) is 4.98 Å². The molecule has 96 valence electrons. The van der Waals surface area contributed by atoms with E-state index in [1.807, 2.05) is 0 Å². The molecule has 0 aliphatic carbocycles. The summed E-state index contributed by atoms with van der Waals surface area (Å²) in [6.45, 7) is 12.7. The van der Waals surface area contributed by atoms with E-state index in [1.54, 1.807) is 0 Å². The van der Waals surface area contributed by atoms with E-state index >= 15 is 0 Å². The average Bonchev–Trinajstić information content (AvgIpc) is 2.66. The average molecular weight is 234 g/mol. The standard InChI is InChI=1S/C15H26N2/c1-6-11(2)13-14(15(3,4)5)17-10-8-7-9-12(17)16-13/h11H,6-10H2,1-5H3. The number of fused-ring (bicyclic) bond motifs is 1. The molecule has 0 aromatic carbocycles. The van der Waals surface area contributed by atoms with Crippen LogP contribution in [0.1, 0.15) is 77.0 Å². The van der Waals surface area contributed by atoms with Gasteiger partial charge in [0.2, 0.25) is 0 Å². The Balaban J connectivity index is 2.55. The molecular formula is C15H26N2. The minimum Gasteiger partial charge on any atom is -0.331 e. The van der Waals surface area contributed by atoms with Gasteiger partial charge >= 0.3 is 0 Å². The number of aryl methyl sites for hydroxylation is 1. The van der Waals surface area contributed by atoms with Crippen LogP contribution in [0.15, 0.2) is 0 Å². The lowest BCUT2D eigenvalue weighted by Crippen LogP contribution is -2.22. The van der Waals surface area contributed by atoms with Gasteiger partial charge in [0.1, 0.15) is 5.82 Å². The molecule has 17 heavy (non-hydrogen) atoms. The van der Waals surface area contributed by atoms with Crippen molar-refractivity contribution in [2.45, 2.75) is 78.2 Å². The first-order valence-corrected chi connectivity index (χ1v) is 7.05. The summed E-state index contributed by atoms with van der Waals surface area (Å²) in [5.74, 6) is 1.92. The molecule has 2 rings (SSSR count). The monoisotopic (exact) mass is 234 g/mol. The summed E-state index contributed by atoms with van der Waals surface area (Å²) in [7, 11) is 0. The number of nitrogens with zero attached hydrogens (tertiary/aromatic N) is 2. The van der Waals surface area contributed by atoms with Crippen LogP contribution < -0.4 is 0 Å². The minimum absolute atomic E-state index is 0.210. The molecule has 1 atom stereocenters. The van der Waals surface area contributed by atoms with Gasteiger partial charge < -0.3 is 4.57 Å². The lowest BCUT2D eigenvalue weighted by Gasteiger charge is -2.26. The summed E-state index contributed by atoms with van der Waals surface area (Å²) < 4.78 is 2.50. The molecule has 1 aromatic heterocycles. The van der Waals surface area contributed by atoms with E-state index in [-0.39, 0.29) is 5.41 Å². The Morgan fingerprint density at radius 3 is 2.59 bits per heavy atom. The highest BCUT2D eigenvalue weighted by molar-refractivity contribution is 5.28. The molecular weight excluding hydrogens is 208 g/mol. The summed E-state index contributed by atoms with van der Waals surface area (Å²) in [6.07, 6.45) is 4.96. The highest BCUT2D eigenvalue weighted by Crippen LogP contribution is 2.34. The quantitative estimate of drug-likeness (QED) is 0.755. The zero-order valence-corrected chi connectivity index (χ0v) is 12.0. The molecule has 0 fully saturated rings. The third kappa shape index (κ3) is 2.27. The fourth-order valence-corrected chi connectivity index (χ4v) is 2.83. The van der Waals surface area contributed by atoms with Gasteiger partial charge in [-0.15, -0.1) is 0 Å². The van der Waals surface area contributed by atoms with Crippen molar-refractivity contribution in [3.63, 3.8) is 0 Å². The van der Waals surface area contributed by atoms with Crippen LogP contribution in [-0.4, -0.2) is 9.55 Å². The van der Waals surface area contributed by atoms with Crippen LogP contribution >= 0.6 is 0 Å². The van der Waals surface area contributed by atoms with E-state index in [1.165, 1.54) is 49.4 Å². The Labute approximate surface area is 105 Å². The van der Waals surface area contributed by atoms with Crippen molar-refractivity contribution in [3.05, 3.63) is 17.2 Å². The van der Waals surface area contributed by atoms with E-state index in [0.717, 1.165) is 0 Å². The molecule has 1 aliphatic heterocycles. The van der Waals surface area contributed by atoms with Crippen molar-refractivity contribution in [2.75, 3.05) is 0 Å². The topological polar surface area (TPSA) is 17.8 Å². The maximum atomic E-state index is 4.95. The third-order valence-electron chi connectivity index (χ3n) is 3.90. The number of hydrogen-bond acceptors (Lipinski definition) is 1. The zero-order valence-electron chi connectivity index (χ0n) is 12.0. The molecule has 2 heterocycles. The van der Waals surface area contributed by atoms with E-state index in [9.17, 15) is 0 Å². The molecule has 1 aliphatic rings. The summed E-state index contributed by atoms with van der Waals surface area (Å²) in [4.78, 5) is 4.95. The maximum absolute atomic E-state index is 4.95. The number of imidazole rings is 1. The largest absolute Gasteiger partial charge is 0.331 e. The molecule has 2 heteroatoms. The SMILES string of the molecule is CCC(C)c1nc2n(c1C(C)(C)C)CCCC2. The molecule has 0 saturated heterocycles. The summed E-state index contributed by atoms with van der Waals surface area (Å²) in [5.41, 5.74) is 3.06. The maximum Gasteiger partial charge on any atom is 0.109 e. The van der Waals surface area contributed by atoms with Gasteiger partial charge in [0.25, 0.3) is 0 Å². The highest BCUT2D eigenvalue weighted by atomic mass is 15.1. The first-order chi connectivity index (χ1) is 7.95.